The molecule has 4 aromatic rings. The zero-order valence-electron chi connectivity index (χ0n) is 22.2. The Bertz CT molecular complexity index is 1680. The Morgan fingerprint density at radius 2 is 1.85 bits per heavy atom. The van der Waals surface area contributed by atoms with E-state index in [4.69, 9.17) is 21.5 Å². The highest BCUT2D eigenvalue weighted by Crippen LogP contribution is 2.34. The van der Waals surface area contributed by atoms with Crippen LogP contribution in [0.1, 0.15) is 17.3 Å². The first-order valence-electron chi connectivity index (χ1n) is 12.1. The van der Waals surface area contributed by atoms with Gasteiger partial charge in [-0.3, -0.25) is 10.0 Å². The van der Waals surface area contributed by atoms with E-state index in [1.54, 1.807) is 4.90 Å². The first-order chi connectivity index (χ1) is 19.6. The summed E-state index contributed by atoms with van der Waals surface area (Å²) < 4.78 is 47.6. The Balaban J connectivity index is 1.60. The molecule has 216 valence electrons. The largest absolute Gasteiger partial charge is 0.495 e. The van der Waals surface area contributed by atoms with Crippen molar-refractivity contribution in [1.82, 2.24) is 29.7 Å². The van der Waals surface area contributed by atoms with Gasteiger partial charge in [-0.25, -0.2) is 38.2 Å². The third kappa shape index (κ3) is 6.43. The number of ether oxygens (including phenoxy) is 1. The van der Waals surface area contributed by atoms with E-state index >= 15 is 0 Å². The van der Waals surface area contributed by atoms with E-state index in [2.05, 4.69) is 25.3 Å². The highest BCUT2D eigenvalue weighted by Gasteiger charge is 2.27. The lowest BCUT2D eigenvalue weighted by Crippen LogP contribution is -2.37. The van der Waals surface area contributed by atoms with Crippen molar-refractivity contribution in [3.63, 3.8) is 0 Å². The summed E-state index contributed by atoms with van der Waals surface area (Å²) >= 11 is 5.90. The van der Waals surface area contributed by atoms with Crippen LogP contribution in [0.25, 0.3) is 10.9 Å². The Morgan fingerprint density at radius 1 is 1.12 bits per heavy atom. The molecule has 13 nitrogen and oxygen atoms in total. The summed E-state index contributed by atoms with van der Waals surface area (Å²) in [7, 11) is -1.28. The van der Waals surface area contributed by atoms with Gasteiger partial charge in [0.05, 0.1) is 23.2 Å². The van der Waals surface area contributed by atoms with Crippen LogP contribution in [0.4, 0.5) is 21.8 Å². The number of likely N-dealkylation sites (N-methyl/N-ethyl adjacent to an activating group) is 2. The molecule has 0 aliphatic rings. The van der Waals surface area contributed by atoms with Gasteiger partial charge in [-0.05, 0) is 31.2 Å². The second-order valence-corrected chi connectivity index (χ2v) is 11.0. The number of hydroxylamine groups is 1. The SMILES string of the molecule is CCN(CCN(C)S(=O)(=O)c1cc2c(Nc3ccc(F)c(Cl)c3)ncnc2cc1OC)c1ncc(C(=O)NO)cn1. The number of methoxy groups -OCH3 is 1. The predicted octanol–water partition coefficient (Wildman–Crippen LogP) is 3.23. The number of benzene rings is 2. The molecule has 0 bridgehead atoms. The number of halogens is 2. The fourth-order valence-electron chi connectivity index (χ4n) is 3.85. The van der Waals surface area contributed by atoms with Gasteiger partial charge in [0.15, 0.2) is 0 Å². The zero-order valence-corrected chi connectivity index (χ0v) is 23.7. The molecule has 4 rings (SSSR count). The molecule has 0 atom stereocenters. The molecule has 1 amide bonds. The second kappa shape index (κ2) is 12.6. The van der Waals surface area contributed by atoms with Crippen LogP contribution >= 0.6 is 11.6 Å². The third-order valence-electron chi connectivity index (χ3n) is 6.14. The van der Waals surface area contributed by atoms with E-state index in [0.717, 1.165) is 0 Å². The maximum Gasteiger partial charge on any atom is 0.277 e. The molecule has 2 heterocycles. The van der Waals surface area contributed by atoms with Crippen molar-refractivity contribution < 1.29 is 27.5 Å². The molecule has 2 aromatic carbocycles. The Kier molecular flexibility index (Phi) is 9.12. The molecule has 2 aromatic heterocycles. The third-order valence-corrected chi connectivity index (χ3v) is 8.31. The van der Waals surface area contributed by atoms with Gasteiger partial charge >= 0.3 is 0 Å². The number of nitrogens with one attached hydrogen (secondary N) is 2. The number of fused-ring (bicyclic) bond motifs is 1. The standard InChI is InChI=1S/C25H26ClFN8O5S/c1-4-35(25-28-12-15(13-29-25)24(36)33-37)8-7-34(2)41(38,39)22-10-17-20(11-21(22)40-3)30-14-31-23(17)32-16-5-6-19(27)18(26)9-16/h5-6,9-14,37H,4,7-8H2,1-3H3,(H,33,36)(H,30,31,32). The summed E-state index contributed by atoms with van der Waals surface area (Å²) in [4.78, 5) is 29.9. The number of hydrogen-bond donors (Lipinski definition) is 3. The number of anilines is 3. The molecule has 41 heavy (non-hydrogen) atoms. The molecule has 0 spiro atoms. The van der Waals surface area contributed by atoms with Crippen LogP contribution in [-0.2, 0) is 10.0 Å². The number of amides is 1. The average molecular weight is 605 g/mol. The van der Waals surface area contributed by atoms with Gasteiger partial charge in [0, 0.05) is 56.2 Å². The van der Waals surface area contributed by atoms with E-state index < -0.39 is 21.7 Å². The van der Waals surface area contributed by atoms with Gasteiger partial charge in [0.1, 0.15) is 28.6 Å². The topological polar surface area (TPSA) is 163 Å². The quantitative estimate of drug-likeness (QED) is 0.170. The first kappa shape index (κ1) is 29.8. The van der Waals surface area contributed by atoms with Crippen LogP contribution in [0.2, 0.25) is 5.02 Å². The van der Waals surface area contributed by atoms with Crippen LogP contribution < -0.4 is 20.4 Å². The summed E-state index contributed by atoms with van der Waals surface area (Å²) in [5.41, 5.74) is 2.44. The lowest BCUT2D eigenvalue weighted by molar-refractivity contribution is 0.0705. The van der Waals surface area contributed by atoms with Crippen molar-refractivity contribution in [3.05, 3.63) is 65.5 Å². The number of rotatable bonds is 11. The molecule has 0 fully saturated rings. The maximum absolute atomic E-state index is 13.7. The summed E-state index contributed by atoms with van der Waals surface area (Å²) in [6, 6.07) is 6.98. The van der Waals surface area contributed by atoms with E-state index in [9.17, 15) is 17.6 Å². The molecule has 0 saturated carbocycles. The molecular weight excluding hydrogens is 579 g/mol. The molecule has 0 radical (unpaired) electrons. The minimum Gasteiger partial charge on any atom is -0.495 e. The van der Waals surface area contributed by atoms with Crippen molar-refractivity contribution in [2.75, 3.05) is 44.0 Å². The molecule has 3 N–H and O–H groups in total. The minimum absolute atomic E-state index is 0.0596. The fraction of sp³-hybridized carbons (Fsp3) is 0.240. The highest BCUT2D eigenvalue weighted by molar-refractivity contribution is 7.89. The fourth-order valence-corrected chi connectivity index (χ4v) is 5.35. The summed E-state index contributed by atoms with van der Waals surface area (Å²) in [5.74, 6) is -0.672. The van der Waals surface area contributed by atoms with Crippen molar-refractivity contribution in [2.24, 2.45) is 0 Å². The summed E-state index contributed by atoms with van der Waals surface area (Å²) in [6.07, 6.45) is 3.81. The van der Waals surface area contributed by atoms with E-state index in [1.807, 2.05) is 6.92 Å². The second-order valence-electron chi connectivity index (χ2n) is 8.62. The molecule has 0 unspecified atom stereocenters. The number of carbonyl (C=O) groups is 1. The number of nitrogens with zero attached hydrogens (tertiary/aromatic N) is 6. The summed E-state index contributed by atoms with van der Waals surface area (Å²) in [6.45, 7) is 2.60. The van der Waals surface area contributed by atoms with Gasteiger partial charge in [-0.2, -0.15) is 4.31 Å². The van der Waals surface area contributed by atoms with Crippen molar-refractivity contribution in [1.29, 1.82) is 0 Å². The van der Waals surface area contributed by atoms with Crippen LogP contribution in [0.3, 0.4) is 0 Å². The maximum atomic E-state index is 13.7. The smallest absolute Gasteiger partial charge is 0.277 e. The van der Waals surface area contributed by atoms with E-state index in [1.165, 1.54) is 73.0 Å². The van der Waals surface area contributed by atoms with E-state index in [0.29, 0.717) is 23.1 Å². The van der Waals surface area contributed by atoms with Gasteiger partial charge < -0.3 is 15.0 Å². The Morgan fingerprint density at radius 3 is 2.49 bits per heavy atom. The number of sulfonamides is 1. The predicted molar refractivity (Wildman–Crippen MR) is 150 cm³/mol. The number of carbonyl (C=O) groups excluding carboxylic acids is 1. The van der Waals surface area contributed by atoms with Gasteiger partial charge in [-0.1, -0.05) is 11.6 Å². The number of aromatic nitrogens is 4. The minimum atomic E-state index is -4.08. The van der Waals surface area contributed by atoms with Crippen molar-refractivity contribution >= 4 is 55.9 Å². The monoisotopic (exact) mass is 604 g/mol. The first-order valence-corrected chi connectivity index (χ1v) is 13.9. The molecule has 0 saturated heterocycles. The number of hydrogen-bond acceptors (Lipinski definition) is 11. The summed E-state index contributed by atoms with van der Waals surface area (Å²) in [5, 5.41) is 12.1. The highest BCUT2D eigenvalue weighted by atomic mass is 35.5. The molecule has 0 aliphatic heterocycles. The zero-order chi connectivity index (χ0) is 29.7. The van der Waals surface area contributed by atoms with Crippen molar-refractivity contribution in [3.8, 4) is 5.75 Å². The van der Waals surface area contributed by atoms with Crippen molar-refractivity contribution in [2.45, 2.75) is 11.8 Å². The van der Waals surface area contributed by atoms with Crippen LogP contribution in [0, 0.1) is 5.82 Å². The Hall–Kier alpha value is -4.18. The van der Waals surface area contributed by atoms with E-state index in [-0.39, 0.29) is 46.1 Å². The lowest BCUT2D eigenvalue weighted by Gasteiger charge is -2.25. The average Bonchev–Trinajstić information content (AvgIpc) is 2.98. The Labute approximate surface area is 240 Å². The van der Waals surface area contributed by atoms with Crippen LogP contribution in [0.5, 0.6) is 5.75 Å². The normalized spacial score (nSPS) is 11.5. The molecular formula is C25H26ClFN8O5S. The molecule has 16 heteroatoms. The van der Waals surface area contributed by atoms with Gasteiger partial charge in [0.25, 0.3) is 5.91 Å². The van der Waals surface area contributed by atoms with Gasteiger partial charge in [-0.15, -0.1) is 0 Å². The van der Waals surface area contributed by atoms with Crippen LogP contribution in [0.15, 0.2) is 53.9 Å². The molecule has 0 aliphatic carbocycles. The van der Waals surface area contributed by atoms with Gasteiger partial charge in [0.2, 0.25) is 16.0 Å². The lowest BCUT2D eigenvalue weighted by atomic mass is 10.2. The van der Waals surface area contributed by atoms with Crippen LogP contribution in [-0.4, -0.2) is 77.6 Å².